The zero-order valence-corrected chi connectivity index (χ0v) is 12.4. The van der Waals surface area contributed by atoms with Crippen LogP contribution in [0.2, 0.25) is 0 Å². The topological polar surface area (TPSA) is 18.5 Å². The first-order chi connectivity index (χ1) is 9.29. The van der Waals surface area contributed by atoms with E-state index >= 15 is 0 Å². The summed E-state index contributed by atoms with van der Waals surface area (Å²) in [6, 6.07) is 8.96. The Morgan fingerprint density at radius 1 is 1.16 bits per heavy atom. The van der Waals surface area contributed by atoms with Gasteiger partial charge in [0.25, 0.3) is 0 Å². The highest BCUT2D eigenvalue weighted by molar-refractivity contribution is 5.46. The minimum Gasteiger partial charge on any atom is -0.375 e. The third-order valence-electron chi connectivity index (χ3n) is 3.96. The average Bonchev–Trinajstić information content (AvgIpc) is 2.48. The van der Waals surface area contributed by atoms with Crippen LogP contribution < -0.4 is 10.2 Å². The molecule has 3 heteroatoms. The maximum atomic E-state index is 3.40. The molecule has 1 aliphatic heterocycles. The second kappa shape index (κ2) is 7.51. The van der Waals surface area contributed by atoms with Crippen LogP contribution in [0.3, 0.4) is 0 Å². The fourth-order valence-corrected chi connectivity index (χ4v) is 2.58. The molecule has 1 aromatic carbocycles. The first kappa shape index (κ1) is 14.4. The number of nitrogens with zero attached hydrogens (tertiary/aromatic N) is 2. The SMILES string of the molecule is CCc1ccc(N(C)CCCN2CCNCC2)cc1. The van der Waals surface area contributed by atoms with Gasteiger partial charge in [0, 0.05) is 45.5 Å². The van der Waals surface area contributed by atoms with Crippen LogP contribution in [0.5, 0.6) is 0 Å². The van der Waals surface area contributed by atoms with Crippen LogP contribution in [0, 0.1) is 0 Å². The number of aryl methyl sites for hydroxylation is 1. The molecule has 0 amide bonds. The van der Waals surface area contributed by atoms with E-state index in [1.165, 1.54) is 37.3 Å². The Labute approximate surface area is 117 Å². The molecule has 1 aromatic rings. The molecule has 1 aliphatic rings. The summed E-state index contributed by atoms with van der Waals surface area (Å²) in [5.41, 5.74) is 2.75. The highest BCUT2D eigenvalue weighted by Gasteiger charge is 2.09. The molecule has 3 nitrogen and oxygen atoms in total. The maximum Gasteiger partial charge on any atom is 0.0363 e. The Balaban J connectivity index is 1.72. The van der Waals surface area contributed by atoms with Crippen molar-refractivity contribution in [2.24, 2.45) is 0 Å². The molecule has 106 valence electrons. The fraction of sp³-hybridized carbons (Fsp3) is 0.625. The van der Waals surface area contributed by atoms with Crippen molar-refractivity contribution in [2.45, 2.75) is 19.8 Å². The summed E-state index contributed by atoms with van der Waals surface area (Å²) in [7, 11) is 2.19. The summed E-state index contributed by atoms with van der Waals surface area (Å²) in [5, 5.41) is 3.40. The van der Waals surface area contributed by atoms with Crippen molar-refractivity contribution in [1.29, 1.82) is 0 Å². The van der Waals surface area contributed by atoms with Crippen molar-refractivity contribution in [3.05, 3.63) is 29.8 Å². The van der Waals surface area contributed by atoms with E-state index in [0.29, 0.717) is 0 Å². The molecule has 0 aromatic heterocycles. The Bertz CT molecular complexity index is 355. The van der Waals surface area contributed by atoms with E-state index in [-0.39, 0.29) is 0 Å². The Morgan fingerprint density at radius 3 is 2.47 bits per heavy atom. The molecule has 0 unspecified atom stereocenters. The van der Waals surface area contributed by atoms with E-state index in [1.807, 2.05) is 0 Å². The Morgan fingerprint density at radius 2 is 1.84 bits per heavy atom. The van der Waals surface area contributed by atoms with Gasteiger partial charge in [-0.2, -0.15) is 0 Å². The minimum atomic E-state index is 1.12. The highest BCUT2D eigenvalue weighted by atomic mass is 15.2. The van der Waals surface area contributed by atoms with Gasteiger partial charge in [0.1, 0.15) is 0 Å². The number of hydrogen-bond acceptors (Lipinski definition) is 3. The summed E-state index contributed by atoms with van der Waals surface area (Å²) in [6.07, 6.45) is 2.36. The van der Waals surface area contributed by atoms with E-state index in [9.17, 15) is 0 Å². The van der Waals surface area contributed by atoms with Gasteiger partial charge in [-0.15, -0.1) is 0 Å². The van der Waals surface area contributed by atoms with Gasteiger partial charge < -0.3 is 15.1 Å². The summed E-state index contributed by atoms with van der Waals surface area (Å²) in [5.74, 6) is 0. The molecule has 0 spiro atoms. The lowest BCUT2D eigenvalue weighted by Gasteiger charge is -2.28. The van der Waals surface area contributed by atoms with Gasteiger partial charge in [0.15, 0.2) is 0 Å². The molecule has 0 saturated carbocycles. The molecular formula is C16H27N3. The summed E-state index contributed by atoms with van der Waals surface area (Å²) in [4.78, 5) is 4.92. The first-order valence-electron chi connectivity index (χ1n) is 7.52. The maximum absolute atomic E-state index is 3.40. The monoisotopic (exact) mass is 261 g/mol. The van der Waals surface area contributed by atoms with Crippen molar-refractivity contribution in [3.63, 3.8) is 0 Å². The summed E-state index contributed by atoms with van der Waals surface area (Å²) in [6.45, 7) is 9.26. The molecule has 1 heterocycles. The number of hydrogen-bond donors (Lipinski definition) is 1. The van der Waals surface area contributed by atoms with Gasteiger partial charge in [-0.3, -0.25) is 0 Å². The third kappa shape index (κ3) is 4.51. The Kier molecular flexibility index (Phi) is 5.67. The lowest BCUT2D eigenvalue weighted by atomic mass is 10.1. The molecule has 0 bridgehead atoms. The molecule has 0 radical (unpaired) electrons. The van der Waals surface area contributed by atoms with Crippen molar-refractivity contribution in [2.75, 3.05) is 51.2 Å². The van der Waals surface area contributed by atoms with Crippen LogP contribution in [0.25, 0.3) is 0 Å². The molecule has 1 saturated heterocycles. The number of benzene rings is 1. The smallest absolute Gasteiger partial charge is 0.0363 e. The quantitative estimate of drug-likeness (QED) is 0.845. The van der Waals surface area contributed by atoms with Crippen molar-refractivity contribution < 1.29 is 0 Å². The zero-order chi connectivity index (χ0) is 13.5. The van der Waals surface area contributed by atoms with E-state index in [0.717, 1.165) is 26.1 Å². The van der Waals surface area contributed by atoms with Gasteiger partial charge in [-0.25, -0.2) is 0 Å². The minimum absolute atomic E-state index is 1.12. The largest absolute Gasteiger partial charge is 0.375 e. The lowest BCUT2D eigenvalue weighted by molar-refractivity contribution is 0.239. The van der Waals surface area contributed by atoms with E-state index in [2.05, 4.69) is 53.4 Å². The Hall–Kier alpha value is -1.06. The standard InChI is InChI=1S/C16H27N3/c1-3-15-5-7-16(8-6-15)18(2)11-4-12-19-13-9-17-10-14-19/h5-8,17H,3-4,9-14H2,1-2H3. The van der Waals surface area contributed by atoms with Crippen LogP contribution in [-0.2, 0) is 6.42 Å². The van der Waals surface area contributed by atoms with Crippen molar-refractivity contribution >= 4 is 5.69 Å². The predicted octanol–water partition coefficient (Wildman–Crippen LogP) is 1.98. The first-order valence-corrected chi connectivity index (χ1v) is 7.52. The van der Waals surface area contributed by atoms with E-state index < -0.39 is 0 Å². The third-order valence-corrected chi connectivity index (χ3v) is 3.96. The van der Waals surface area contributed by atoms with Crippen molar-refractivity contribution in [1.82, 2.24) is 10.2 Å². The van der Waals surface area contributed by atoms with Crippen LogP contribution in [0.1, 0.15) is 18.9 Å². The molecule has 0 aliphatic carbocycles. The lowest BCUT2D eigenvalue weighted by Crippen LogP contribution is -2.44. The molecule has 0 atom stereocenters. The molecule has 2 rings (SSSR count). The van der Waals surface area contributed by atoms with Crippen molar-refractivity contribution in [3.8, 4) is 0 Å². The number of piperazine rings is 1. The highest BCUT2D eigenvalue weighted by Crippen LogP contribution is 2.14. The van der Waals surface area contributed by atoms with Crippen LogP contribution in [0.15, 0.2) is 24.3 Å². The summed E-state index contributed by atoms with van der Waals surface area (Å²) >= 11 is 0. The fourth-order valence-electron chi connectivity index (χ4n) is 2.58. The molecule has 19 heavy (non-hydrogen) atoms. The van der Waals surface area contributed by atoms with Gasteiger partial charge in [0.2, 0.25) is 0 Å². The molecule has 1 N–H and O–H groups in total. The van der Waals surface area contributed by atoms with Crippen LogP contribution in [-0.4, -0.2) is 51.2 Å². The van der Waals surface area contributed by atoms with E-state index in [4.69, 9.17) is 0 Å². The number of anilines is 1. The normalized spacial score (nSPS) is 16.5. The second-order valence-corrected chi connectivity index (χ2v) is 5.39. The van der Waals surface area contributed by atoms with Gasteiger partial charge in [0.05, 0.1) is 0 Å². The average molecular weight is 261 g/mol. The second-order valence-electron chi connectivity index (χ2n) is 5.39. The number of rotatable bonds is 6. The summed E-state index contributed by atoms with van der Waals surface area (Å²) < 4.78 is 0. The predicted molar refractivity (Wildman–Crippen MR) is 83.0 cm³/mol. The van der Waals surface area contributed by atoms with Crippen LogP contribution >= 0.6 is 0 Å². The zero-order valence-electron chi connectivity index (χ0n) is 12.4. The van der Waals surface area contributed by atoms with E-state index in [1.54, 1.807) is 0 Å². The van der Waals surface area contributed by atoms with Crippen LogP contribution in [0.4, 0.5) is 5.69 Å². The molecular weight excluding hydrogens is 234 g/mol. The van der Waals surface area contributed by atoms with Gasteiger partial charge >= 0.3 is 0 Å². The van der Waals surface area contributed by atoms with Gasteiger partial charge in [-0.05, 0) is 37.1 Å². The van der Waals surface area contributed by atoms with Gasteiger partial charge in [-0.1, -0.05) is 19.1 Å². The molecule has 1 fully saturated rings. The number of nitrogens with one attached hydrogen (secondary N) is 1.